The molecule has 0 saturated carbocycles. The lowest BCUT2D eigenvalue weighted by Crippen LogP contribution is -2.35. The van der Waals surface area contributed by atoms with Crippen molar-refractivity contribution in [2.75, 3.05) is 11.9 Å². The Morgan fingerprint density at radius 1 is 1.19 bits per heavy atom. The number of pyridine rings is 1. The molecule has 0 amide bonds. The number of hydrogen-bond acceptors (Lipinski definition) is 3. The van der Waals surface area contributed by atoms with Crippen molar-refractivity contribution >= 4 is 11.5 Å². The maximum atomic E-state index is 13.5. The van der Waals surface area contributed by atoms with Crippen LogP contribution in [0.2, 0.25) is 0 Å². The van der Waals surface area contributed by atoms with Crippen LogP contribution in [-0.2, 0) is 6.54 Å². The van der Waals surface area contributed by atoms with Crippen molar-refractivity contribution < 1.29 is 4.39 Å². The van der Waals surface area contributed by atoms with Gasteiger partial charge in [-0.15, -0.1) is 0 Å². The lowest BCUT2D eigenvalue weighted by atomic mass is 10.1. The van der Waals surface area contributed by atoms with Gasteiger partial charge in [0.2, 0.25) is 0 Å². The summed E-state index contributed by atoms with van der Waals surface area (Å²) >= 11 is 0. The van der Waals surface area contributed by atoms with Gasteiger partial charge in [-0.1, -0.05) is 18.2 Å². The van der Waals surface area contributed by atoms with Gasteiger partial charge in [0.05, 0.1) is 6.20 Å². The van der Waals surface area contributed by atoms with Gasteiger partial charge in [0.1, 0.15) is 11.6 Å². The Balaban J connectivity index is 2.30. The average Bonchev–Trinajstić information content (AvgIpc) is 2.45. The number of nitrogens with one attached hydrogen (secondary N) is 1. The SMILES string of the molecule is CN(c1ccccc1)c1ncc(F)cc1CNC(C)(C)C. The number of anilines is 2. The molecule has 0 spiro atoms. The van der Waals surface area contributed by atoms with Crippen LogP contribution in [0.15, 0.2) is 42.6 Å². The van der Waals surface area contributed by atoms with E-state index in [2.05, 4.69) is 31.1 Å². The number of halogens is 1. The molecule has 0 bridgehead atoms. The van der Waals surface area contributed by atoms with Crippen LogP contribution in [0.3, 0.4) is 0 Å². The van der Waals surface area contributed by atoms with E-state index in [1.807, 2.05) is 42.3 Å². The molecule has 0 unspecified atom stereocenters. The smallest absolute Gasteiger partial charge is 0.141 e. The minimum absolute atomic E-state index is 0.0328. The first-order chi connectivity index (χ1) is 9.87. The number of aromatic nitrogens is 1. The minimum Gasteiger partial charge on any atom is -0.329 e. The van der Waals surface area contributed by atoms with E-state index in [0.717, 1.165) is 17.1 Å². The molecule has 1 heterocycles. The molecular weight excluding hydrogens is 265 g/mol. The van der Waals surface area contributed by atoms with Crippen LogP contribution in [0.25, 0.3) is 0 Å². The minimum atomic E-state index is -0.314. The lowest BCUT2D eigenvalue weighted by Gasteiger charge is -2.25. The Hall–Kier alpha value is -1.94. The van der Waals surface area contributed by atoms with E-state index in [-0.39, 0.29) is 11.4 Å². The fraction of sp³-hybridized carbons (Fsp3) is 0.353. The second kappa shape index (κ2) is 6.22. The molecule has 3 nitrogen and oxygen atoms in total. The predicted octanol–water partition coefficient (Wildman–Crippen LogP) is 3.88. The van der Waals surface area contributed by atoms with Crippen molar-refractivity contribution in [1.29, 1.82) is 0 Å². The molecule has 0 aliphatic carbocycles. The lowest BCUT2D eigenvalue weighted by molar-refractivity contribution is 0.423. The van der Waals surface area contributed by atoms with Gasteiger partial charge >= 0.3 is 0 Å². The quantitative estimate of drug-likeness (QED) is 0.925. The highest BCUT2D eigenvalue weighted by Crippen LogP contribution is 2.25. The van der Waals surface area contributed by atoms with Crippen molar-refractivity contribution in [2.24, 2.45) is 0 Å². The number of rotatable bonds is 4. The summed E-state index contributed by atoms with van der Waals surface area (Å²) in [5.74, 6) is 0.449. The molecule has 1 N–H and O–H groups in total. The summed E-state index contributed by atoms with van der Waals surface area (Å²) in [6.45, 7) is 6.82. The highest BCUT2D eigenvalue weighted by atomic mass is 19.1. The number of benzene rings is 1. The normalized spacial score (nSPS) is 11.5. The van der Waals surface area contributed by atoms with Gasteiger partial charge in [-0.3, -0.25) is 0 Å². The first-order valence-electron chi connectivity index (χ1n) is 7.05. The fourth-order valence-corrected chi connectivity index (χ4v) is 2.04. The summed E-state index contributed by atoms with van der Waals surface area (Å²) in [5.41, 5.74) is 1.83. The van der Waals surface area contributed by atoms with Crippen molar-refractivity contribution in [2.45, 2.75) is 32.9 Å². The van der Waals surface area contributed by atoms with Crippen LogP contribution >= 0.6 is 0 Å². The molecule has 1 aromatic carbocycles. The van der Waals surface area contributed by atoms with Crippen LogP contribution in [0, 0.1) is 5.82 Å². The van der Waals surface area contributed by atoms with Gasteiger partial charge < -0.3 is 10.2 Å². The van der Waals surface area contributed by atoms with Gasteiger partial charge in [-0.25, -0.2) is 9.37 Å². The zero-order chi connectivity index (χ0) is 15.5. The summed E-state index contributed by atoms with van der Waals surface area (Å²) in [6, 6.07) is 11.5. The van der Waals surface area contributed by atoms with E-state index in [0.29, 0.717) is 6.54 Å². The van der Waals surface area contributed by atoms with Crippen LogP contribution in [-0.4, -0.2) is 17.6 Å². The molecule has 2 rings (SSSR count). The molecule has 0 atom stereocenters. The molecule has 0 aliphatic rings. The summed E-state index contributed by atoms with van der Waals surface area (Å²) < 4.78 is 13.5. The van der Waals surface area contributed by atoms with Crippen molar-refractivity contribution in [3.8, 4) is 0 Å². The van der Waals surface area contributed by atoms with Crippen LogP contribution in [0.5, 0.6) is 0 Å². The van der Waals surface area contributed by atoms with Gasteiger partial charge in [0, 0.05) is 30.4 Å². The topological polar surface area (TPSA) is 28.2 Å². The largest absolute Gasteiger partial charge is 0.329 e. The molecule has 0 saturated heterocycles. The molecular formula is C17H22FN3. The molecule has 0 radical (unpaired) electrons. The molecule has 0 aliphatic heterocycles. The Morgan fingerprint density at radius 2 is 1.86 bits per heavy atom. The molecule has 2 aromatic rings. The predicted molar refractivity (Wildman–Crippen MR) is 85.3 cm³/mol. The maximum absolute atomic E-state index is 13.5. The van der Waals surface area contributed by atoms with Gasteiger partial charge in [-0.05, 0) is 39.0 Å². The Bertz CT molecular complexity index is 591. The number of para-hydroxylation sites is 1. The second-order valence-corrected chi connectivity index (χ2v) is 6.13. The summed E-state index contributed by atoms with van der Waals surface area (Å²) in [5, 5.41) is 3.38. The third kappa shape index (κ3) is 4.26. The third-order valence-electron chi connectivity index (χ3n) is 3.18. The monoisotopic (exact) mass is 287 g/mol. The summed E-state index contributed by atoms with van der Waals surface area (Å²) in [7, 11) is 1.94. The highest BCUT2D eigenvalue weighted by Gasteiger charge is 2.15. The fourth-order valence-electron chi connectivity index (χ4n) is 2.04. The Kier molecular flexibility index (Phi) is 4.58. The molecule has 21 heavy (non-hydrogen) atoms. The standard InChI is InChI=1S/C17H22FN3/c1-17(2,3)20-11-13-10-14(18)12-19-16(13)21(4)15-8-6-5-7-9-15/h5-10,12,20H,11H2,1-4H3. The average molecular weight is 287 g/mol. The van der Waals surface area contributed by atoms with Crippen molar-refractivity contribution in [3.63, 3.8) is 0 Å². The first-order valence-corrected chi connectivity index (χ1v) is 7.05. The van der Waals surface area contributed by atoms with Crippen LogP contribution in [0.1, 0.15) is 26.3 Å². The maximum Gasteiger partial charge on any atom is 0.141 e. The molecule has 4 heteroatoms. The van der Waals surface area contributed by atoms with E-state index in [4.69, 9.17) is 0 Å². The third-order valence-corrected chi connectivity index (χ3v) is 3.18. The molecule has 1 aromatic heterocycles. The van der Waals surface area contributed by atoms with E-state index in [1.54, 1.807) is 6.07 Å². The van der Waals surface area contributed by atoms with Gasteiger partial charge in [0.25, 0.3) is 0 Å². The molecule has 0 fully saturated rings. The van der Waals surface area contributed by atoms with Crippen LogP contribution < -0.4 is 10.2 Å². The van der Waals surface area contributed by atoms with E-state index >= 15 is 0 Å². The highest BCUT2D eigenvalue weighted by molar-refractivity contribution is 5.61. The van der Waals surface area contributed by atoms with Crippen LogP contribution in [0.4, 0.5) is 15.9 Å². The zero-order valence-corrected chi connectivity index (χ0v) is 13.0. The Morgan fingerprint density at radius 3 is 2.48 bits per heavy atom. The van der Waals surface area contributed by atoms with Gasteiger partial charge in [-0.2, -0.15) is 0 Å². The van der Waals surface area contributed by atoms with E-state index < -0.39 is 0 Å². The molecule has 112 valence electrons. The number of hydrogen-bond donors (Lipinski definition) is 1. The Labute approximate surface area is 125 Å². The summed E-state index contributed by atoms with van der Waals surface area (Å²) in [4.78, 5) is 6.24. The van der Waals surface area contributed by atoms with Crippen molar-refractivity contribution in [1.82, 2.24) is 10.3 Å². The second-order valence-electron chi connectivity index (χ2n) is 6.13. The number of nitrogens with zero attached hydrogens (tertiary/aromatic N) is 2. The van der Waals surface area contributed by atoms with E-state index in [9.17, 15) is 4.39 Å². The van der Waals surface area contributed by atoms with Gasteiger partial charge in [0.15, 0.2) is 0 Å². The van der Waals surface area contributed by atoms with E-state index in [1.165, 1.54) is 6.20 Å². The first kappa shape index (κ1) is 15.4. The summed E-state index contributed by atoms with van der Waals surface area (Å²) in [6.07, 6.45) is 1.26. The zero-order valence-electron chi connectivity index (χ0n) is 13.0. The van der Waals surface area contributed by atoms with Crippen molar-refractivity contribution in [3.05, 3.63) is 54.0 Å².